The number of nitrogens with two attached hydrogens (primary N) is 1. The van der Waals surface area contributed by atoms with E-state index in [0.29, 0.717) is 11.1 Å². The standard InChI is InChI=1S/C12H11FN2O/c13-10-3-1-2-9(11(10)14)12(16)8-4-6-15-7-5-8/h1-7,12,16H,14H2. The molecule has 1 aromatic heterocycles. The van der Waals surface area contributed by atoms with Crippen LogP contribution in [-0.4, -0.2) is 10.1 Å². The van der Waals surface area contributed by atoms with E-state index in [1.54, 1.807) is 30.6 Å². The van der Waals surface area contributed by atoms with Gasteiger partial charge in [-0.25, -0.2) is 4.39 Å². The van der Waals surface area contributed by atoms with Crippen LogP contribution >= 0.6 is 0 Å². The highest BCUT2D eigenvalue weighted by atomic mass is 19.1. The molecule has 0 fully saturated rings. The van der Waals surface area contributed by atoms with E-state index in [4.69, 9.17) is 5.73 Å². The number of anilines is 1. The van der Waals surface area contributed by atoms with Gasteiger partial charge in [-0.3, -0.25) is 4.98 Å². The number of aliphatic hydroxyl groups excluding tert-OH is 1. The molecule has 82 valence electrons. The molecule has 3 nitrogen and oxygen atoms in total. The Bertz CT molecular complexity index is 488. The van der Waals surface area contributed by atoms with Crippen LogP contribution in [0.5, 0.6) is 0 Å². The molecule has 1 aromatic carbocycles. The number of benzene rings is 1. The molecule has 0 amide bonds. The SMILES string of the molecule is Nc1c(F)cccc1C(O)c1ccncc1. The van der Waals surface area contributed by atoms with Gasteiger partial charge >= 0.3 is 0 Å². The van der Waals surface area contributed by atoms with E-state index in [1.807, 2.05) is 0 Å². The van der Waals surface area contributed by atoms with E-state index in [-0.39, 0.29) is 5.69 Å². The third-order valence-corrected chi connectivity index (χ3v) is 2.40. The Hall–Kier alpha value is -1.94. The molecule has 2 rings (SSSR count). The summed E-state index contributed by atoms with van der Waals surface area (Å²) in [6.45, 7) is 0. The summed E-state index contributed by atoms with van der Waals surface area (Å²) >= 11 is 0. The molecule has 1 unspecified atom stereocenters. The van der Waals surface area contributed by atoms with Crippen LogP contribution in [0.3, 0.4) is 0 Å². The van der Waals surface area contributed by atoms with Crippen LogP contribution in [0.15, 0.2) is 42.7 Å². The molecule has 0 saturated heterocycles. The van der Waals surface area contributed by atoms with Crippen molar-refractivity contribution in [3.05, 3.63) is 59.7 Å². The van der Waals surface area contributed by atoms with Gasteiger partial charge in [0.1, 0.15) is 11.9 Å². The molecule has 1 heterocycles. The lowest BCUT2D eigenvalue weighted by Gasteiger charge is -2.13. The minimum absolute atomic E-state index is 0.0215. The Balaban J connectivity index is 2.42. The van der Waals surface area contributed by atoms with E-state index in [9.17, 15) is 9.50 Å². The van der Waals surface area contributed by atoms with Gasteiger partial charge in [0, 0.05) is 18.0 Å². The van der Waals surface area contributed by atoms with Crippen LogP contribution < -0.4 is 5.73 Å². The van der Waals surface area contributed by atoms with Gasteiger partial charge in [-0.05, 0) is 23.8 Å². The maximum Gasteiger partial charge on any atom is 0.146 e. The van der Waals surface area contributed by atoms with Crippen LogP contribution in [0.25, 0.3) is 0 Å². The van der Waals surface area contributed by atoms with E-state index >= 15 is 0 Å². The van der Waals surface area contributed by atoms with Crippen molar-refractivity contribution in [3.8, 4) is 0 Å². The van der Waals surface area contributed by atoms with E-state index in [1.165, 1.54) is 12.1 Å². The maximum atomic E-state index is 13.2. The summed E-state index contributed by atoms with van der Waals surface area (Å²) in [5.41, 5.74) is 6.55. The van der Waals surface area contributed by atoms with Gasteiger partial charge in [0.25, 0.3) is 0 Å². The number of nitrogen functional groups attached to an aromatic ring is 1. The number of pyridine rings is 1. The predicted molar refractivity (Wildman–Crippen MR) is 59.1 cm³/mol. The minimum Gasteiger partial charge on any atom is -0.396 e. The molecule has 16 heavy (non-hydrogen) atoms. The quantitative estimate of drug-likeness (QED) is 0.757. The van der Waals surface area contributed by atoms with Gasteiger partial charge in [-0.2, -0.15) is 0 Å². The van der Waals surface area contributed by atoms with Crippen molar-refractivity contribution >= 4 is 5.69 Å². The molecule has 0 aliphatic carbocycles. The molecule has 0 aliphatic heterocycles. The lowest BCUT2D eigenvalue weighted by Crippen LogP contribution is -2.05. The summed E-state index contributed by atoms with van der Waals surface area (Å²) in [7, 11) is 0. The second-order valence-corrected chi connectivity index (χ2v) is 3.43. The Morgan fingerprint density at radius 1 is 1.19 bits per heavy atom. The number of nitrogens with zero attached hydrogens (tertiary/aromatic N) is 1. The average molecular weight is 218 g/mol. The number of aliphatic hydroxyl groups is 1. The van der Waals surface area contributed by atoms with Crippen molar-refractivity contribution in [2.24, 2.45) is 0 Å². The highest BCUT2D eigenvalue weighted by molar-refractivity contribution is 5.51. The molecule has 0 spiro atoms. The van der Waals surface area contributed by atoms with Gasteiger partial charge in [0.2, 0.25) is 0 Å². The predicted octanol–water partition coefficient (Wildman–Crippen LogP) is 1.88. The van der Waals surface area contributed by atoms with Gasteiger partial charge < -0.3 is 10.8 Å². The molecule has 0 bridgehead atoms. The number of hydrogen-bond acceptors (Lipinski definition) is 3. The van der Waals surface area contributed by atoms with Crippen LogP contribution in [0.4, 0.5) is 10.1 Å². The van der Waals surface area contributed by atoms with Crippen LogP contribution in [0.2, 0.25) is 0 Å². The minimum atomic E-state index is -0.932. The summed E-state index contributed by atoms with van der Waals surface area (Å²) in [4.78, 5) is 3.84. The lowest BCUT2D eigenvalue weighted by molar-refractivity contribution is 0.220. The first-order valence-electron chi connectivity index (χ1n) is 4.82. The zero-order chi connectivity index (χ0) is 11.5. The smallest absolute Gasteiger partial charge is 0.146 e. The Morgan fingerprint density at radius 3 is 2.56 bits per heavy atom. The lowest BCUT2D eigenvalue weighted by atomic mass is 10.0. The van der Waals surface area contributed by atoms with Crippen molar-refractivity contribution in [1.82, 2.24) is 4.98 Å². The van der Waals surface area contributed by atoms with Crippen molar-refractivity contribution in [3.63, 3.8) is 0 Å². The summed E-state index contributed by atoms with van der Waals surface area (Å²) < 4.78 is 13.2. The summed E-state index contributed by atoms with van der Waals surface area (Å²) in [5, 5.41) is 10.0. The van der Waals surface area contributed by atoms with Crippen molar-refractivity contribution < 1.29 is 9.50 Å². The molecule has 4 heteroatoms. The summed E-state index contributed by atoms with van der Waals surface area (Å²) in [5.74, 6) is -0.523. The molecular weight excluding hydrogens is 207 g/mol. The largest absolute Gasteiger partial charge is 0.396 e. The zero-order valence-electron chi connectivity index (χ0n) is 8.47. The van der Waals surface area contributed by atoms with Crippen molar-refractivity contribution in [1.29, 1.82) is 0 Å². The first kappa shape index (κ1) is 10.6. The molecular formula is C12H11FN2O. The first-order valence-corrected chi connectivity index (χ1v) is 4.82. The Kier molecular flexibility index (Phi) is 2.83. The fourth-order valence-electron chi connectivity index (χ4n) is 1.52. The van der Waals surface area contributed by atoms with Gasteiger partial charge in [-0.15, -0.1) is 0 Å². The molecule has 0 saturated carbocycles. The van der Waals surface area contributed by atoms with Crippen LogP contribution in [0.1, 0.15) is 17.2 Å². The number of hydrogen-bond donors (Lipinski definition) is 2. The highest BCUT2D eigenvalue weighted by Gasteiger charge is 2.14. The Morgan fingerprint density at radius 2 is 1.88 bits per heavy atom. The first-order chi connectivity index (χ1) is 7.70. The van der Waals surface area contributed by atoms with Gasteiger partial charge in [-0.1, -0.05) is 12.1 Å². The van der Waals surface area contributed by atoms with Crippen molar-refractivity contribution in [2.45, 2.75) is 6.10 Å². The highest BCUT2D eigenvalue weighted by Crippen LogP contribution is 2.27. The van der Waals surface area contributed by atoms with Crippen LogP contribution in [0, 0.1) is 5.82 Å². The second-order valence-electron chi connectivity index (χ2n) is 3.43. The second kappa shape index (κ2) is 4.28. The van der Waals surface area contributed by atoms with E-state index in [2.05, 4.69) is 4.98 Å². The fourth-order valence-corrected chi connectivity index (χ4v) is 1.52. The monoisotopic (exact) mass is 218 g/mol. The zero-order valence-corrected chi connectivity index (χ0v) is 8.47. The molecule has 1 atom stereocenters. The molecule has 3 N–H and O–H groups in total. The number of aromatic nitrogens is 1. The van der Waals surface area contributed by atoms with Crippen molar-refractivity contribution in [2.75, 3.05) is 5.73 Å². The third-order valence-electron chi connectivity index (χ3n) is 2.40. The van der Waals surface area contributed by atoms with E-state index < -0.39 is 11.9 Å². The third kappa shape index (κ3) is 1.87. The summed E-state index contributed by atoms with van der Waals surface area (Å²) in [6.07, 6.45) is 2.20. The van der Waals surface area contributed by atoms with Gasteiger partial charge in [0.05, 0.1) is 5.69 Å². The maximum absolute atomic E-state index is 13.2. The van der Waals surface area contributed by atoms with Gasteiger partial charge in [0.15, 0.2) is 0 Å². The van der Waals surface area contributed by atoms with Crippen LogP contribution in [-0.2, 0) is 0 Å². The number of rotatable bonds is 2. The summed E-state index contributed by atoms with van der Waals surface area (Å²) in [6, 6.07) is 7.71. The molecule has 0 radical (unpaired) electrons. The topological polar surface area (TPSA) is 59.1 Å². The normalized spacial score (nSPS) is 12.4. The average Bonchev–Trinajstić information content (AvgIpc) is 2.33. The molecule has 2 aromatic rings. The number of halogens is 1. The Labute approximate surface area is 92.4 Å². The fraction of sp³-hybridized carbons (Fsp3) is 0.0833. The van der Waals surface area contributed by atoms with E-state index in [0.717, 1.165) is 0 Å². The number of para-hydroxylation sites is 1. The molecule has 0 aliphatic rings.